The van der Waals surface area contributed by atoms with Crippen LogP contribution in [0.1, 0.15) is 33.6 Å². The molecule has 0 aromatic carbocycles. The van der Waals surface area contributed by atoms with Crippen LogP contribution in [-0.4, -0.2) is 35.2 Å². The largest absolute Gasteiger partial charge is 0.480 e. The Balaban J connectivity index is 3.62. The van der Waals surface area contributed by atoms with Crippen LogP contribution in [0.15, 0.2) is 0 Å². The van der Waals surface area contributed by atoms with E-state index >= 15 is 0 Å². The van der Waals surface area contributed by atoms with Gasteiger partial charge in [-0.2, -0.15) is 11.8 Å². The lowest BCUT2D eigenvalue weighted by Crippen LogP contribution is -2.39. The highest BCUT2D eigenvalue weighted by molar-refractivity contribution is 7.99. The molecule has 0 aromatic heterocycles. The minimum Gasteiger partial charge on any atom is -0.480 e. The zero-order valence-corrected chi connectivity index (χ0v) is 10.8. The lowest BCUT2D eigenvalue weighted by atomic mass is 10.2. The predicted octanol–water partition coefficient (Wildman–Crippen LogP) is 2.22. The molecule has 0 aromatic rings. The van der Waals surface area contributed by atoms with Crippen molar-refractivity contribution in [2.75, 3.05) is 18.1 Å². The number of thioether (sulfide) groups is 1. The standard InChI is InChI=1S/C11H23NO2S/c1-4-6-12-10(11(13)14)8-15-7-5-9(2)3/h9-10,12H,4-8H2,1-3H3,(H,13,14). The third-order valence-corrected chi connectivity index (χ3v) is 3.16. The Morgan fingerprint density at radius 1 is 1.47 bits per heavy atom. The summed E-state index contributed by atoms with van der Waals surface area (Å²) >= 11 is 1.73. The maximum atomic E-state index is 10.9. The Morgan fingerprint density at radius 2 is 2.13 bits per heavy atom. The van der Waals surface area contributed by atoms with Gasteiger partial charge in [-0.1, -0.05) is 20.8 Å². The number of rotatable bonds is 9. The molecule has 0 fully saturated rings. The first kappa shape index (κ1) is 14.8. The van der Waals surface area contributed by atoms with Crippen LogP contribution in [0.2, 0.25) is 0 Å². The van der Waals surface area contributed by atoms with E-state index in [1.54, 1.807) is 11.8 Å². The van der Waals surface area contributed by atoms with E-state index in [0.717, 1.165) is 25.1 Å². The van der Waals surface area contributed by atoms with Crippen molar-refractivity contribution in [3.8, 4) is 0 Å². The van der Waals surface area contributed by atoms with E-state index in [4.69, 9.17) is 5.11 Å². The summed E-state index contributed by atoms with van der Waals surface area (Å²) in [5, 5.41) is 12.0. The first-order valence-electron chi connectivity index (χ1n) is 5.61. The predicted molar refractivity (Wildman–Crippen MR) is 66.5 cm³/mol. The quantitative estimate of drug-likeness (QED) is 0.600. The molecule has 1 unspecified atom stereocenters. The molecule has 0 saturated heterocycles. The summed E-state index contributed by atoms with van der Waals surface area (Å²) in [7, 11) is 0. The Bertz CT molecular complexity index is 174. The molecular formula is C11H23NO2S. The molecule has 0 heterocycles. The zero-order valence-electron chi connectivity index (χ0n) is 9.95. The lowest BCUT2D eigenvalue weighted by molar-refractivity contribution is -0.138. The molecule has 90 valence electrons. The SMILES string of the molecule is CCCNC(CSCCC(C)C)C(=O)O. The highest BCUT2D eigenvalue weighted by Gasteiger charge is 2.15. The van der Waals surface area contributed by atoms with Crippen molar-refractivity contribution in [3.05, 3.63) is 0 Å². The molecule has 0 saturated carbocycles. The average Bonchev–Trinajstić information content (AvgIpc) is 2.15. The minimum absolute atomic E-state index is 0.387. The van der Waals surface area contributed by atoms with Crippen molar-refractivity contribution >= 4 is 17.7 Å². The summed E-state index contributed by atoms with van der Waals surface area (Å²) in [6, 6.07) is -0.387. The van der Waals surface area contributed by atoms with E-state index in [-0.39, 0.29) is 6.04 Å². The molecule has 0 amide bonds. The normalized spacial score (nSPS) is 13.1. The highest BCUT2D eigenvalue weighted by Crippen LogP contribution is 2.10. The summed E-state index contributed by atoms with van der Waals surface area (Å²) < 4.78 is 0. The van der Waals surface area contributed by atoms with E-state index in [2.05, 4.69) is 19.2 Å². The fourth-order valence-electron chi connectivity index (χ4n) is 1.06. The van der Waals surface area contributed by atoms with Crippen molar-refractivity contribution in [1.82, 2.24) is 5.32 Å². The van der Waals surface area contributed by atoms with Gasteiger partial charge in [0.15, 0.2) is 0 Å². The molecule has 1 atom stereocenters. The van der Waals surface area contributed by atoms with Crippen LogP contribution in [0.3, 0.4) is 0 Å². The maximum absolute atomic E-state index is 10.9. The number of carboxylic acids is 1. The minimum atomic E-state index is -0.736. The summed E-state index contributed by atoms with van der Waals surface area (Å²) in [6.07, 6.45) is 2.13. The van der Waals surface area contributed by atoms with E-state index in [9.17, 15) is 4.79 Å². The van der Waals surface area contributed by atoms with Crippen LogP contribution in [0.25, 0.3) is 0 Å². The summed E-state index contributed by atoms with van der Waals surface area (Å²) in [4.78, 5) is 10.9. The van der Waals surface area contributed by atoms with Crippen molar-refractivity contribution in [2.24, 2.45) is 5.92 Å². The van der Waals surface area contributed by atoms with Gasteiger partial charge in [-0.25, -0.2) is 0 Å². The molecule has 2 N–H and O–H groups in total. The molecule has 15 heavy (non-hydrogen) atoms. The average molecular weight is 233 g/mol. The number of carboxylic acid groups (broad SMARTS) is 1. The molecule has 0 rings (SSSR count). The van der Waals surface area contributed by atoms with Crippen LogP contribution < -0.4 is 5.32 Å². The van der Waals surface area contributed by atoms with Crippen molar-refractivity contribution in [1.29, 1.82) is 0 Å². The zero-order chi connectivity index (χ0) is 11.7. The number of nitrogens with one attached hydrogen (secondary N) is 1. The first-order chi connectivity index (χ1) is 7.07. The Kier molecular flexibility index (Phi) is 8.91. The maximum Gasteiger partial charge on any atom is 0.321 e. The second-order valence-corrected chi connectivity index (χ2v) is 5.25. The van der Waals surface area contributed by atoms with Crippen LogP contribution in [0.5, 0.6) is 0 Å². The lowest BCUT2D eigenvalue weighted by Gasteiger charge is -2.13. The van der Waals surface area contributed by atoms with Gasteiger partial charge in [0.2, 0.25) is 0 Å². The number of hydrogen-bond acceptors (Lipinski definition) is 3. The third-order valence-electron chi connectivity index (χ3n) is 2.06. The van der Waals surface area contributed by atoms with E-state index in [1.807, 2.05) is 6.92 Å². The Hall–Kier alpha value is -0.220. The molecule has 0 radical (unpaired) electrons. The van der Waals surface area contributed by atoms with Gasteiger partial charge in [-0.3, -0.25) is 4.79 Å². The van der Waals surface area contributed by atoms with Gasteiger partial charge >= 0.3 is 5.97 Å². The Morgan fingerprint density at radius 3 is 2.60 bits per heavy atom. The second kappa shape index (κ2) is 9.04. The molecule has 4 heteroatoms. The Labute approximate surface area is 97.0 Å². The fourth-order valence-corrected chi connectivity index (χ4v) is 2.36. The monoisotopic (exact) mass is 233 g/mol. The van der Waals surface area contributed by atoms with Crippen LogP contribution >= 0.6 is 11.8 Å². The van der Waals surface area contributed by atoms with Gasteiger partial charge < -0.3 is 10.4 Å². The van der Waals surface area contributed by atoms with E-state index in [1.165, 1.54) is 0 Å². The third kappa shape index (κ3) is 8.75. The second-order valence-electron chi connectivity index (χ2n) is 4.10. The first-order valence-corrected chi connectivity index (χ1v) is 6.77. The van der Waals surface area contributed by atoms with Crippen molar-refractivity contribution < 1.29 is 9.90 Å². The fraction of sp³-hybridized carbons (Fsp3) is 0.909. The van der Waals surface area contributed by atoms with E-state index < -0.39 is 5.97 Å². The number of hydrogen-bond donors (Lipinski definition) is 2. The van der Waals surface area contributed by atoms with Crippen LogP contribution in [0, 0.1) is 5.92 Å². The summed E-state index contributed by atoms with van der Waals surface area (Å²) in [6.45, 7) is 7.19. The molecule has 0 bridgehead atoms. The van der Waals surface area contributed by atoms with Gasteiger partial charge in [0.1, 0.15) is 6.04 Å². The molecule has 0 aliphatic carbocycles. The topological polar surface area (TPSA) is 49.3 Å². The van der Waals surface area contributed by atoms with Gasteiger partial charge in [0, 0.05) is 5.75 Å². The number of aliphatic carboxylic acids is 1. The van der Waals surface area contributed by atoms with Crippen LogP contribution in [0.4, 0.5) is 0 Å². The van der Waals surface area contributed by atoms with Gasteiger partial charge in [0.05, 0.1) is 0 Å². The number of carbonyl (C=O) groups is 1. The summed E-state index contributed by atoms with van der Waals surface area (Å²) in [5.74, 6) is 1.68. The van der Waals surface area contributed by atoms with Crippen molar-refractivity contribution in [2.45, 2.75) is 39.7 Å². The molecule has 0 aliphatic rings. The molecule has 0 aliphatic heterocycles. The molecule has 0 spiro atoms. The van der Waals surface area contributed by atoms with E-state index in [0.29, 0.717) is 11.7 Å². The van der Waals surface area contributed by atoms with Crippen LogP contribution in [-0.2, 0) is 4.79 Å². The molecule has 3 nitrogen and oxygen atoms in total. The summed E-state index contributed by atoms with van der Waals surface area (Å²) in [5.41, 5.74) is 0. The van der Waals surface area contributed by atoms with Gasteiger partial charge in [-0.15, -0.1) is 0 Å². The van der Waals surface area contributed by atoms with Gasteiger partial charge in [0.25, 0.3) is 0 Å². The molecular weight excluding hydrogens is 210 g/mol. The van der Waals surface area contributed by atoms with Crippen molar-refractivity contribution in [3.63, 3.8) is 0 Å². The highest BCUT2D eigenvalue weighted by atomic mass is 32.2. The smallest absolute Gasteiger partial charge is 0.321 e. The van der Waals surface area contributed by atoms with Gasteiger partial charge in [-0.05, 0) is 31.1 Å².